The molecule has 0 aliphatic heterocycles. The van der Waals surface area contributed by atoms with Crippen molar-refractivity contribution in [2.24, 2.45) is 0 Å². The molecular formula is C18H22ClNO2S. The highest BCUT2D eigenvalue weighted by molar-refractivity contribution is 7.14. The highest BCUT2D eigenvalue weighted by Crippen LogP contribution is 2.28. The number of benzene rings is 1. The van der Waals surface area contributed by atoms with Gasteiger partial charge in [-0.2, -0.15) is 0 Å². The Bertz CT molecular complexity index is 615. The number of para-hydroxylation sites is 1. The van der Waals surface area contributed by atoms with Gasteiger partial charge in [0.05, 0.1) is 10.0 Å². The molecule has 0 aliphatic rings. The standard InChI is InChI=1S/C18H22ClNO2S/c1-3-5-10-15(20(4-2)17-12-8-13-23-17)18(21)22-16-11-7-6-9-14(16)19/h6-9,11-13,15H,3-5,10H2,1-2H3/t15-/m0/s1. The minimum absolute atomic E-state index is 0.248. The van der Waals surface area contributed by atoms with Gasteiger partial charge in [0.25, 0.3) is 0 Å². The fourth-order valence-corrected chi connectivity index (χ4v) is 3.49. The Kier molecular flexibility index (Phi) is 6.93. The van der Waals surface area contributed by atoms with Crippen molar-refractivity contribution < 1.29 is 9.53 Å². The fraction of sp³-hybridized carbons (Fsp3) is 0.389. The Morgan fingerprint density at radius 3 is 2.65 bits per heavy atom. The van der Waals surface area contributed by atoms with Crippen molar-refractivity contribution in [3.63, 3.8) is 0 Å². The minimum Gasteiger partial charge on any atom is -0.423 e. The molecule has 2 rings (SSSR count). The molecule has 1 aromatic carbocycles. The SMILES string of the molecule is CCCC[C@@H](C(=O)Oc1ccccc1Cl)N(CC)c1cccs1. The van der Waals surface area contributed by atoms with E-state index in [-0.39, 0.29) is 12.0 Å². The van der Waals surface area contributed by atoms with E-state index in [1.165, 1.54) is 0 Å². The van der Waals surface area contributed by atoms with Crippen LogP contribution in [-0.2, 0) is 4.79 Å². The molecule has 0 saturated carbocycles. The zero-order chi connectivity index (χ0) is 16.7. The number of anilines is 1. The summed E-state index contributed by atoms with van der Waals surface area (Å²) in [6.07, 6.45) is 2.79. The van der Waals surface area contributed by atoms with Gasteiger partial charge in [0, 0.05) is 6.54 Å². The molecule has 0 spiro atoms. The molecule has 0 saturated heterocycles. The number of halogens is 1. The van der Waals surface area contributed by atoms with Gasteiger partial charge in [0.15, 0.2) is 0 Å². The van der Waals surface area contributed by atoms with Gasteiger partial charge >= 0.3 is 5.97 Å². The first-order chi connectivity index (χ1) is 11.2. The predicted molar refractivity (Wildman–Crippen MR) is 97.7 cm³/mol. The summed E-state index contributed by atoms with van der Waals surface area (Å²) >= 11 is 7.74. The summed E-state index contributed by atoms with van der Waals surface area (Å²) in [5, 5.41) is 3.56. The van der Waals surface area contributed by atoms with Crippen LogP contribution in [0.15, 0.2) is 41.8 Å². The van der Waals surface area contributed by atoms with Gasteiger partial charge in [-0.1, -0.05) is 43.5 Å². The third-order valence-electron chi connectivity index (χ3n) is 3.66. The van der Waals surface area contributed by atoms with E-state index in [9.17, 15) is 4.79 Å². The minimum atomic E-state index is -0.296. The van der Waals surface area contributed by atoms with Gasteiger partial charge in [-0.15, -0.1) is 11.3 Å². The van der Waals surface area contributed by atoms with E-state index in [4.69, 9.17) is 16.3 Å². The molecule has 0 N–H and O–H groups in total. The van der Waals surface area contributed by atoms with Crippen molar-refractivity contribution in [2.75, 3.05) is 11.4 Å². The van der Waals surface area contributed by atoms with Crippen LogP contribution in [0.3, 0.4) is 0 Å². The number of unbranched alkanes of at least 4 members (excludes halogenated alkanes) is 1. The quantitative estimate of drug-likeness (QED) is 0.471. The zero-order valence-corrected chi connectivity index (χ0v) is 15.1. The van der Waals surface area contributed by atoms with Crippen molar-refractivity contribution in [2.45, 2.75) is 39.2 Å². The Morgan fingerprint density at radius 2 is 2.04 bits per heavy atom. The van der Waals surface area contributed by atoms with E-state index in [0.29, 0.717) is 10.8 Å². The van der Waals surface area contributed by atoms with E-state index in [0.717, 1.165) is 30.8 Å². The van der Waals surface area contributed by atoms with Crippen LogP contribution in [0.25, 0.3) is 0 Å². The zero-order valence-electron chi connectivity index (χ0n) is 13.5. The van der Waals surface area contributed by atoms with Crippen LogP contribution in [0, 0.1) is 0 Å². The molecule has 5 heteroatoms. The van der Waals surface area contributed by atoms with E-state index >= 15 is 0 Å². The second-order valence-electron chi connectivity index (χ2n) is 5.25. The lowest BCUT2D eigenvalue weighted by Gasteiger charge is -2.30. The Morgan fingerprint density at radius 1 is 1.26 bits per heavy atom. The first kappa shape index (κ1) is 17.8. The van der Waals surface area contributed by atoms with Crippen LogP contribution in [0.2, 0.25) is 5.02 Å². The maximum Gasteiger partial charge on any atom is 0.334 e. The molecule has 0 amide bonds. The number of ether oxygens (including phenoxy) is 1. The third-order valence-corrected chi connectivity index (χ3v) is 4.87. The van der Waals surface area contributed by atoms with Crippen LogP contribution < -0.4 is 9.64 Å². The molecule has 23 heavy (non-hydrogen) atoms. The summed E-state index contributed by atoms with van der Waals surface area (Å²) in [6.45, 7) is 4.94. The molecule has 124 valence electrons. The molecule has 0 unspecified atom stereocenters. The number of carbonyl (C=O) groups excluding carboxylic acids is 1. The summed E-state index contributed by atoms with van der Waals surface area (Å²) in [4.78, 5) is 14.9. The van der Waals surface area contributed by atoms with E-state index in [1.807, 2.05) is 29.6 Å². The van der Waals surface area contributed by atoms with E-state index in [2.05, 4.69) is 18.7 Å². The van der Waals surface area contributed by atoms with Crippen LogP contribution >= 0.6 is 22.9 Å². The number of esters is 1. The van der Waals surface area contributed by atoms with Crippen LogP contribution in [0.1, 0.15) is 33.1 Å². The first-order valence-corrected chi connectivity index (χ1v) is 9.19. The van der Waals surface area contributed by atoms with Crippen molar-refractivity contribution in [1.82, 2.24) is 0 Å². The maximum atomic E-state index is 12.7. The van der Waals surface area contributed by atoms with Crippen LogP contribution in [0.5, 0.6) is 5.75 Å². The smallest absolute Gasteiger partial charge is 0.334 e. The van der Waals surface area contributed by atoms with Crippen molar-refractivity contribution in [3.8, 4) is 5.75 Å². The number of hydrogen-bond donors (Lipinski definition) is 0. The highest BCUT2D eigenvalue weighted by atomic mass is 35.5. The first-order valence-electron chi connectivity index (χ1n) is 7.93. The summed E-state index contributed by atoms with van der Waals surface area (Å²) in [5.41, 5.74) is 0. The number of rotatable bonds is 8. The third kappa shape index (κ3) is 4.72. The normalized spacial score (nSPS) is 12.0. The average Bonchev–Trinajstić information content (AvgIpc) is 3.07. The molecule has 0 aliphatic carbocycles. The van der Waals surface area contributed by atoms with Crippen LogP contribution in [0.4, 0.5) is 5.00 Å². The Balaban J connectivity index is 2.19. The lowest BCUT2D eigenvalue weighted by molar-refractivity contribution is -0.136. The number of carbonyl (C=O) groups is 1. The van der Waals surface area contributed by atoms with Gasteiger partial charge in [0.1, 0.15) is 11.8 Å². The van der Waals surface area contributed by atoms with Crippen molar-refractivity contribution in [1.29, 1.82) is 0 Å². The molecule has 1 atom stereocenters. The monoisotopic (exact) mass is 351 g/mol. The van der Waals surface area contributed by atoms with Gasteiger partial charge in [0.2, 0.25) is 0 Å². The number of nitrogens with zero attached hydrogens (tertiary/aromatic N) is 1. The van der Waals surface area contributed by atoms with Crippen LogP contribution in [-0.4, -0.2) is 18.6 Å². The van der Waals surface area contributed by atoms with Gasteiger partial charge in [-0.05, 0) is 43.0 Å². The number of hydrogen-bond acceptors (Lipinski definition) is 4. The summed E-state index contributed by atoms with van der Waals surface area (Å²) in [7, 11) is 0. The lowest BCUT2D eigenvalue weighted by Crippen LogP contribution is -2.43. The second kappa shape index (κ2) is 8.94. The fourth-order valence-electron chi connectivity index (χ4n) is 2.47. The van der Waals surface area contributed by atoms with Gasteiger partial charge in [-0.3, -0.25) is 0 Å². The largest absolute Gasteiger partial charge is 0.423 e. The second-order valence-corrected chi connectivity index (χ2v) is 6.58. The summed E-state index contributed by atoms with van der Waals surface area (Å²) in [5.74, 6) is 0.171. The topological polar surface area (TPSA) is 29.5 Å². The molecule has 0 fully saturated rings. The molecule has 2 aromatic rings. The maximum absolute atomic E-state index is 12.7. The van der Waals surface area contributed by atoms with Crippen molar-refractivity contribution >= 4 is 33.9 Å². The van der Waals surface area contributed by atoms with Gasteiger partial charge < -0.3 is 9.64 Å². The molecule has 0 bridgehead atoms. The molecule has 1 aromatic heterocycles. The number of likely N-dealkylation sites (N-methyl/N-ethyl adjacent to an activating group) is 1. The van der Waals surface area contributed by atoms with Crippen molar-refractivity contribution in [3.05, 3.63) is 46.8 Å². The summed E-state index contributed by atoms with van der Waals surface area (Å²) < 4.78 is 5.58. The lowest BCUT2D eigenvalue weighted by atomic mass is 10.1. The predicted octanol–water partition coefficient (Wildman–Crippen LogP) is 5.39. The molecular weight excluding hydrogens is 330 g/mol. The van der Waals surface area contributed by atoms with Gasteiger partial charge in [-0.25, -0.2) is 4.79 Å². The highest BCUT2D eigenvalue weighted by Gasteiger charge is 2.27. The average molecular weight is 352 g/mol. The Hall–Kier alpha value is -1.52. The number of thiophene rings is 1. The molecule has 0 radical (unpaired) electrons. The molecule has 1 heterocycles. The summed E-state index contributed by atoms with van der Waals surface area (Å²) in [6, 6.07) is 10.8. The van der Waals surface area contributed by atoms with E-state index < -0.39 is 0 Å². The Labute approximate surface area is 146 Å². The van der Waals surface area contributed by atoms with E-state index in [1.54, 1.807) is 23.5 Å². The molecule has 3 nitrogen and oxygen atoms in total.